The number of hydrogen-bond acceptors (Lipinski definition) is 5. The van der Waals surface area contributed by atoms with E-state index in [0.717, 1.165) is 23.2 Å². The van der Waals surface area contributed by atoms with Crippen LogP contribution in [-0.4, -0.2) is 25.8 Å². The Balaban J connectivity index is 1.30. The molecule has 0 radical (unpaired) electrons. The summed E-state index contributed by atoms with van der Waals surface area (Å²) in [4.78, 5) is 16.7. The molecule has 4 aromatic rings. The highest BCUT2D eigenvalue weighted by molar-refractivity contribution is 5.76. The Hall–Kier alpha value is -3.74. The summed E-state index contributed by atoms with van der Waals surface area (Å²) in [5.41, 5.74) is 4.52. The van der Waals surface area contributed by atoms with Gasteiger partial charge in [-0.2, -0.15) is 10.1 Å². The second kappa shape index (κ2) is 10.7. The number of hydrogen-bond donors (Lipinski definition) is 1. The zero-order valence-electron chi connectivity index (χ0n) is 19.1. The number of aromatic nitrogens is 4. The molecule has 0 unspecified atom stereocenters. The molecular weight excluding hydrogens is 414 g/mol. The minimum atomic E-state index is 0.0166. The molecule has 0 atom stereocenters. The number of rotatable bonds is 10. The Morgan fingerprint density at radius 1 is 1.09 bits per heavy atom. The first-order valence-electron chi connectivity index (χ1n) is 11.3. The van der Waals surface area contributed by atoms with E-state index in [-0.39, 0.29) is 11.8 Å². The van der Waals surface area contributed by atoms with Crippen LogP contribution in [0.3, 0.4) is 0 Å². The molecule has 0 saturated carbocycles. The van der Waals surface area contributed by atoms with Gasteiger partial charge < -0.3 is 9.84 Å². The fourth-order valence-corrected chi connectivity index (χ4v) is 3.61. The standard InChI is InChI=1S/C26H29N5O2/c1-19(2)26-29-25(33-30-26)10-5-9-24(32)27-17-22-7-3-4-8-23(22)21-13-11-20(12-14-21)18-31-16-6-15-28-31/h3-4,6-8,11-16,19H,5,9-10,17-18H2,1-2H3,(H,27,32). The van der Waals surface area contributed by atoms with Gasteiger partial charge >= 0.3 is 0 Å². The maximum atomic E-state index is 12.4. The zero-order valence-corrected chi connectivity index (χ0v) is 19.1. The summed E-state index contributed by atoms with van der Waals surface area (Å²) in [7, 11) is 0. The topological polar surface area (TPSA) is 85.8 Å². The van der Waals surface area contributed by atoms with Gasteiger partial charge in [0.25, 0.3) is 0 Å². The average molecular weight is 444 g/mol. The highest BCUT2D eigenvalue weighted by Crippen LogP contribution is 2.24. The molecule has 0 aliphatic rings. The number of amides is 1. The third kappa shape index (κ3) is 6.16. The zero-order chi connectivity index (χ0) is 23.0. The van der Waals surface area contributed by atoms with Crippen molar-refractivity contribution in [2.45, 2.75) is 52.1 Å². The molecule has 0 spiro atoms. The average Bonchev–Trinajstić information content (AvgIpc) is 3.51. The molecule has 7 nitrogen and oxygen atoms in total. The highest BCUT2D eigenvalue weighted by Gasteiger charge is 2.11. The summed E-state index contributed by atoms with van der Waals surface area (Å²) in [6, 6.07) is 18.6. The number of carbonyl (C=O) groups is 1. The maximum absolute atomic E-state index is 12.4. The molecule has 2 heterocycles. The number of aryl methyl sites for hydroxylation is 1. The fraction of sp³-hybridized carbons (Fsp3) is 0.308. The van der Waals surface area contributed by atoms with E-state index >= 15 is 0 Å². The normalized spacial score (nSPS) is 11.1. The molecule has 0 aliphatic carbocycles. The molecule has 33 heavy (non-hydrogen) atoms. The van der Waals surface area contributed by atoms with Crippen LogP contribution < -0.4 is 5.32 Å². The van der Waals surface area contributed by atoms with Gasteiger partial charge in [-0.25, -0.2) is 0 Å². The minimum Gasteiger partial charge on any atom is -0.352 e. The molecular formula is C26H29N5O2. The first-order chi connectivity index (χ1) is 16.1. The van der Waals surface area contributed by atoms with Gasteiger partial charge in [-0.15, -0.1) is 0 Å². The van der Waals surface area contributed by atoms with Gasteiger partial charge in [0.1, 0.15) is 0 Å². The number of carbonyl (C=O) groups excluding carboxylic acids is 1. The van der Waals surface area contributed by atoms with Crippen LogP contribution in [0, 0.1) is 0 Å². The Morgan fingerprint density at radius 2 is 1.91 bits per heavy atom. The number of nitrogens with zero attached hydrogens (tertiary/aromatic N) is 4. The summed E-state index contributed by atoms with van der Waals surface area (Å²) >= 11 is 0. The van der Waals surface area contributed by atoms with Crippen molar-refractivity contribution in [2.75, 3.05) is 0 Å². The molecule has 7 heteroatoms. The van der Waals surface area contributed by atoms with Crippen LogP contribution in [0.1, 0.15) is 55.4 Å². The van der Waals surface area contributed by atoms with Crippen LogP contribution in [0.25, 0.3) is 11.1 Å². The molecule has 1 N–H and O–H groups in total. The quantitative estimate of drug-likeness (QED) is 0.382. The Kier molecular flexibility index (Phi) is 7.29. The van der Waals surface area contributed by atoms with Crippen molar-refractivity contribution >= 4 is 5.91 Å². The first-order valence-corrected chi connectivity index (χ1v) is 11.3. The first kappa shape index (κ1) is 22.5. The van der Waals surface area contributed by atoms with E-state index in [9.17, 15) is 4.79 Å². The van der Waals surface area contributed by atoms with Crippen LogP contribution in [0.2, 0.25) is 0 Å². The van der Waals surface area contributed by atoms with Gasteiger partial charge in [0, 0.05) is 37.7 Å². The monoisotopic (exact) mass is 443 g/mol. The molecule has 0 saturated heterocycles. The van der Waals surface area contributed by atoms with Crippen molar-refractivity contribution in [1.29, 1.82) is 0 Å². The van der Waals surface area contributed by atoms with Crippen LogP contribution in [0.5, 0.6) is 0 Å². The van der Waals surface area contributed by atoms with Crippen LogP contribution in [0.15, 0.2) is 71.5 Å². The molecule has 0 fully saturated rings. The summed E-state index contributed by atoms with van der Waals surface area (Å²) < 4.78 is 7.14. The summed E-state index contributed by atoms with van der Waals surface area (Å²) in [6.07, 6.45) is 5.44. The van der Waals surface area contributed by atoms with Crippen LogP contribution in [-0.2, 0) is 24.3 Å². The van der Waals surface area contributed by atoms with Crippen molar-refractivity contribution in [3.8, 4) is 11.1 Å². The smallest absolute Gasteiger partial charge is 0.226 e. The lowest BCUT2D eigenvalue weighted by Gasteiger charge is -2.12. The van der Waals surface area contributed by atoms with Crippen molar-refractivity contribution < 1.29 is 9.32 Å². The predicted molar refractivity (Wildman–Crippen MR) is 126 cm³/mol. The van der Waals surface area contributed by atoms with E-state index in [0.29, 0.717) is 37.5 Å². The van der Waals surface area contributed by atoms with Gasteiger partial charge in [0.2, 0.25) is 11.8 Å². The van der Waals surface area contributed by atoms with Gasteiger partial charge in [0.05, 0.1) is 6.54 Å². The van der Waals surface area contributed by atoms with Crippen LogP contribution >= 0.6 is 0 Å². The van der Waals surface area contributed by atoms with Crippen molar-refractivity contribution in [1.82, 2.24) is 25.2 Å². The SMILES string of the molecule is CC(C)c1noc(CCCC(=O)NCc2ccccc2-c2ccc(Cn3cccn3)cc2)n1. The highest BCUT2D eigenvalue weighted by atomic mass is 16.5. The van der Waals surface area contributed by atoms with Gasteiger partial charge in [-0.1, -0.05) is 67.5 Å². The molecule has 4 rings (SSSR count). The molecule has 1 amide bonds. The van der Waals surface area contributed by atoms with Gasteiger partial charge in [-0.05, 0) is 34.7 Å². The van der Waals surface area contributed by atoms with E-state index in [1.165, 1.54) is 5.56 Å². The summed E-state index contributed by atoms with van der Waals surface area (Å²) in [6.45, 7) is 5.28. The lowest BCUT2D eigenvalue weighted by atomic mass is 9.98. The van der Waals surface area contributed by atoms with Gasteiger partial charge in [-0.3, -0.25) is 9.48 Å². The van der Waals surface area contributed by atoms with Crippen molar-refractivity contribution in [2.24, 2.45) is 0 Å². The summed E-state index contributed by atoms with van der Waals surface area (Å²) in [5, 5.41) is 11.3. The predicted octanol–water partition coefficient (Wildman–Crippen LogP) is 4.74. The molecule has 2 aromatic heterocycles. The molecule has 0 bridgehead atoms. The molecule has 170 valence electrons. The largest absolute Gasteiger partial charge is 0.352 e. The Labute approximate surface area is 193 Å². The van der Waals surface area contributed by atoms with Gasteiger partial charge in [0.15, 0.2) is 5.82 Å². The number of benzene rings is 2. The second-order valence-electron chi connectivity index (χ2n) is 8.39. The third-order valence-electron chi connectivity index (χ3n) is 5.46. The number of nitrogens with one attached hydrogen (secondary N) is 1. The van der Waals surface area contributed by atoms with E-state index < -0.39 is 0 Å². The Morgan fingerprint density at radius 3 is 2.64 bits per heavy atom. The molecule has 0 aliphatic heterocycles. The van der Waals surface area contributed by atoms with Crippen LogP contribution in [0.4, 0.5) is 0 Å². The van der Waals surface area contributed by atoms with Crippen molar-refractivity contribution in [3.05, 3.63) is 89.8 Å². The second-order valence-corrected chi connectivity index (χ2v) is 8.39. The van der Waals surface area contributed by atoms with Crippen molar-refractivity contribution in [3.63, 3.8) is 0 Å². The summed E-state index contributed by atoms with van der Waals surface area (Å²) in [5.74, 6) is 1.55. The lowest BCUT2D eigenvalue weighted by molar-refractivity contribution is -0.121. The fourth-order valence-electron chi connectivity index (χ4n) is 3.61. The van der Waals surface area contributed by atoms with E-state index in [1.54, 1.807) is 6.20 Å². The third-order valence-corrected chi connectivity index (χ3v) is 5.46. The lowest BCUT2D eigenvalue weighted by Crippen LogP contribution is -2.22. The van der Waals surface area contributed by atoms with E-state index in [2.05, 4.69) is 57.0 Å². The molecule has 2 aromatic carbocycles. The van der Waals surface area contributed by atoms with E-state index in [1.807, 2.05) is 42.9 Å². The van der Waals surface area contributed by atoms with E-state index in [4.69, 9.17) is 4.52 Å². The minimum absolute atomic E-state index is 0.0166. The Bertz CT molecular complexity index is 1160. The maximum Gasteiger partial charge on any atom is 0.226 e.